The SMILES string of the molecule is CC(C)N(CC(O)COc1ccccc1Oc1ccccc1)C(C)C. The van der Waals surface area contributed by atoms with E-state index in [0.717, 1.165) is 5.75 Å². The van der Waals surface area contributed by atoms with Crippen molar-refractivity contribution in [1.29, 1.82) is 0 Å². The molecule has 0 heterocycles. The molecule has 2 aromatic carbocycles. The molecule has 0 fully saturated rings. The van der Waals surface area contributed by atoms with Gasteiger partial charge in [-0.1, -0.05) is 30.3 Å². The Balaban J connectivity index is 1.96. The number of benzene rings is 2. The van der Waals surface area contributed by atoms with Gasteiger partial charge in [-0.05, 0) is 52.0 Å². The van der Waals surface area contributed by atoms with Gasteiger partial charge in [0.2, 0.25) is 0 Å². The number of hydrogen-bond donors (Lipinski definition) is 1. The topological polar surface area (TPSA) is 41.9 Å². The Morgan fingerprint density at radius 3 is 2.00 bits per heavy atom. The number of rotatable bonds is 9. The fourth-order valence-corrected chi connectivity index (χ4v) is 2.77. The van der Waals surface area contributed by atoms with Gasteiger partial charge in [-0.25, -0.2) is 0 Å². The van der Waals surface area contributed by atoms with Crippen LogP contribution in [-0.4, -0.2) is 41.3 Å². The van der Waals surface area contributed by atoms with Crippen molar-refractivity contribution in [2.24, 2.45) is 0 Å². The largest absolute Gasteiger partial charge is 0.487 e. The maximum Gasteiger partial charge on any atom is 0.169 e. The molecule has 1 atom stereocenters. The van der Waals surface area contributed by atoms with Crippen LogP contribution in [0.2, 0.25) is 0 Å². The van der Waals surface area contributed by atoms with Crippen LogP contribution in [0.25, 0.3) is 0 Å². The van der Waals surface area contributed by atoms with E-state index < -0.39 is 6.10 Å². The molecule has 0 amide bonds. The summed E-state index contributed by atoms with van der Waals surface area (Å²) in [5, 5.41) is 10.4. The summed E-state index contributed by atoms with van der Waals surface area (Å²) in [6.45, 7) is 9.35. The van der Waals surface area contributed by atoms with E-state index in [-0.39, 0.29) is 6.61 Å². The van der Waals surface area contributed by atoms with E-state index in [1.807, 2.05) is 54.6 Å². The maximum absolute atomic E-state index is 10.4. The van der Waals surface area contributed by atoms with Gasteiger partial charge >= 0.3 is 0 Å². The molecule has 2 aromatic rings. The average Bonchev–Trinajstić information content (AvgIpc) is 2.59. The molecule has 1 unspecified atom stereocenters. The van der Waals surface area contributed by atoms with Crippen molar-refractivity contribution >= 4 is 0 Å². The van der Waals surface area contributed by atoms with Gasteiger partial charge in [-0.3, -0.25) is 4.90 Å². The fraction of sp³-hybridized carbons (Fsp3) is 0.429. The Bertz CT molecular complexity index is 620. The Kier molecular flexibility index (Phi) is 7.29. The molecule has 0 aliphatic rings. The lowest BCUT2D eigenvalue weighted by Gasteiger charge is -2.32. The highest BCUT2D eigenvalue weighted by atomic mass is 16.5. The van der Waals surface area contributed by atoms with Crippen molar-refractivity contribution < 1.29 is 14.6 Å². The molecule has 0 aliphatic carbocycles. The molecule has 4 heteroatoms. The van der Waals surface area contributed by atoms with Crippen molar-refractivity contribution in [2.45, 2.75) is 45.9 Å². The van der Waals surface area contributed by atoms with Crippen LogP contribution >= 0.6 is 0 Å². The first kappa shape index (κ1) is 19.3. The molecule has 0 aromatic heterocycles. The molecule has 4 nitrogen and oxygen atoms in total. The summed E-state index contributed by atoms with van der Waals surface area (Å²) in [5.74, 6) is 2.03. The second kappa shape index (κ2) is 9.44. The van der Waals surface area contributed by atoms with E-state index in [1.165, 1.54) is 0 Å². The molecular weight excluding hydrogens is 314 g/mol. The summed E-state index contributed by atoms with van der Waals surface area (Å²) in [6.07, 6.45) is -0.561. The third-order valence-corrected chi connectivity index (χ3v) is 4.00. The second-order valence-corrected chi connectivity index (χ2v) is 6.71. The molecule has 0 bridgehead atoms. The molecule has 136 valence electrons. The molecule has 25 heavy (non-hydrogen) atoms. The van der Waals surface area contributed by atoms with Crippen LogP contribution in [0, 0.1) is 0 Å². The minimum atomic E-state index is -0.561. The second-order valence-electron chi connectivity index (χ2n) is 6.71. The molecule has 0 spiro atoms. The summed E-state index contributed by atoms with van der Waals surface area (Å²) >= 11 is 0. The van der Waals surface area contributed by atoms with Crippen molar-refractivity contribution in [3.05, 3.63) is 54.6 Å². The van der Waals surface area contributed by atoms with Crippen LogP contribution in [0.1, 0.15) is 27.7 Å². The molecule has 0 saturated carbocycles. The Hall–Kier alpha value is -2.04. The molecule has 0 saturated heterocycles. The van der Waals surface area contributed by atoms with Crippen LogP contribution in [0.4, 0.5) is 0 Å². The summed E-state index contributed by atoms with van der Waals surface area (Å²) in [7, 11) is 0. The van der Waals surface area contributed by atoms with Gasteiger partial charge in [-0.2, -0.15) is 0 Å². The number of para-hydroxylation sites is 3. The number of ether oxygens (including phenoxy) is 2. The van der Waals surface area contributed by atoms with Crippen molar-refractivity contribution in [3.63, 3.8) is 0 Å². The van der Waals surface area contributed by atoms with Crippen molar-refractivity contribution in [2.75, 3.05) is 13.2 Å². The number of aliphatic hydroxyl groups is 1. The smallest absolute Gasteiger partial charge is 0.169 e. The highest BCUT2D eigenvalue weighted by molar-refractivity contribution is 5.42. The predicted molar refractivity (Wildman–Crippen MR) is 101 cm³/mol. The van der Waals surface area contributed by atoms with Gasteiger partial charge in [0.1, 0.15) is 18.5 Å². The van der Waals surface area contributed by atoms with Crippen LogP contribution in [0.3, 0.4) is 0 Å². The minimum absolute atomic E-state index is 0.227. The standard InChI is InChI=1S/C21H29NO3/c1-16(2)22(17(3)4)14-18(23)15-24-20-12-8-9-13-21(20)25-19-10-6-5-7-11-19/h5-13,16-18,23H,14-15H2,1-4H3. The number of nitrogens with zero attached hydrogens (tertiary/aromatic N) is 1. The maximum atomic E-state index is 10.4. The molecule has 0 radical (unpaired) electrons. The fourth-order valence-electron chi connectivity index (χ4n) is 2.77. The third kappa shape index (κ3) is 6.07. The lowest BCUT2D eigenvalue weighted by molar-refractivity contribution is 0.0440. The van der Waals surface area contributed by atoms with Gasteiger partial charge in [-0.15, -0.1) is 0 Å². The first-order valence-corrected chi connectivity index (χ1v) is 8.86. The summed E-state index contributed by atoms with van der Waals surface area (Å²) < 4.78 is 11.7. The number of aliphatic hydroxyl groups excluding tert-OH is 1. The monoisotopic (exact) mass is 343 g/mol. The van der Waals surface area contributed by atoms with E-state index in [1.54, 1.807) is 0 Å². The van der Waals surface area contributed by atoms with Crippen LogP contribution in [-0.2, 0) is 0 Å². The molecule has 0 aliphatic heterocycles. The van der Waals surface area contributed by atoms with Gasteiger partial charge in [0.25, 0.3) is 0 Å². The Labute approximate surface area is 151 Å². The van der Waals surface area contributed by atoms with Crippen LogP contribution in [0.5, 0.6) is 17.2 Å². The van der Waals surface area contributed by atoms with Gasteiger partial charge in [0, 0.05) is 18.6 Å². The van der Waals surface area contributed by atoms with Gasteiger partial charge in [0.05, 0.1) is 0 Å². The zero-order chi connectivity index (χ0) is 18.2. The van der Waals surface area contributed by atoms with Crippen molar-refractivity contribution in [3.8, 4) is 17.2 Å². The van der Waals surface area contributed by atoms with Crippen molar-refractivity contribution in [1.82, 2.24) is 4.90 Å². The lowest BCUT2D eigenvalue weighted by atomic mass is 10.2. The Morgan fingerprint density at radius 1 is 0.840 bits per heavy atom. The predicted octanol–water partition coefficient (Wildman–Crippen LogP) is 4.34. The quantitative estimate of drug-likeness (QED) is 0.735. The Morgan fingerprint density at radius 2 is 1.40 bits per heavy atom. The summed E-state index contributed by atoms with van der Waals surface area (Å²) in [5.41, 5.74) is 0. The van der Waals surface area contributed by atoms with Crippen LogP contribution < -0.4 is 9.47 Å². The average molecular weight is 343 g/mol. The normalized spacial score (nSPS) is 12.6. The zero-order valence-corrected chi connectivity index (χ0v) is 15.6. The van der Waals surface area contributed by atoms with E-state index in [0.29, 0.717) is 30.1 Å². The van der Waals surface area contributed by atoms with Gasteiger partial charge < -0.3 is 14.6 Å². The number of hydrogen-bond acceptors (Lipinski definition) is 4. The highest BCUT2D eigenvalue weighted by Gasteiger charge is 2.18. The summed E-state index contributed by atoms with van der Waals surface area (Å²) in [4.78, 5) is 2.25. The molecule has 1 N–H and O–H groups in total. The van der Waals surface area contributed by atoms with E-state index in [9.17, 15) is 5.11 Å². The first-order chi connectivity index (χ1) is 12.0. The zero-order valence-electron chi connectivity index (χ0n) is 15.6. The summed E-state index contributed by atoms with van der Waals surface area (Å²) in [6, 6.07) is 17.9. The van der Waals surface area contributed by atoms with E-state index >= 15 is 0 Å². The molecular formula is C21H29NO3. The third-order valence-electron chi connectivity index (χ3n) is 4.00. The first-order valence-electron chi connectivity index (χ1n) is 8.86. The van der Waals surface area contributed by atoms with Crippen LogP contribution in [0.15, 0.2) is 54.6 Å². The minimum Gasteiger partial charge on any atom is -0.487 e. The van der Waals surface area contributed by atoms with E-state index in [2.05, 4.69) is 32.6 Å². The lowest BCUT2D eigenvalue weighted by Crippen LogP contribution is -2.43. The van der Waals surface area contributed by atoms with Gasteiger partial charge in [0.15, 0.2) is 11.5 Å². The highest BCUT2D eigenvalue weighted by Crippen LogP contribution is 2.31. The van der Waals surface area contributed by atoms with E-state index in [4.69, 9.17) is 9.47 Å². The molecule has 2 rings (SSSR count).